The molecule has 4 nitrogen and oxygen atoms in total. The van der Waals surface area contributed by atoms with E-state index in [9.17, 15) is 4.79 Å². The summed E-state index contributed by atoms with van der Waals surface area (Å²) in [5.74, 6) is -0.224. The van der Waals surface area contributed by atoms with Gasteiger partial charge in [0.15, 0.2) is 0 Å². The molecule has 1 rings (SSSR count). The molecule has 1 N–H and O–H groups in total. The summed E-state index contributed by atoms with van der Waals surface area (Å²) in [7, 11) is 1.64. The summed E-state index contributed by atoms with van der Waals surface area (Å²) in [6.45, 7) is 5.51. The van der Waals surface area contributed by atoms with Gasteiger partial charge in [0.2, 0.25) is 0 Å². The summed E-state index contributed by atoms with van der Waals surface area (Å²) in [5, 5.41) is 3.17. The van der Waals surface area contributed by atoms with Crippen molar-refractivity contribution in [3.8, 4) is 0 Å². The molecule has 1 heterocycles. The molecule has 0 aliphatic rings. The molecule has 0 aliphatic heterocycles. The third-order valence-corrected chi connectivity index (χ3v) is 3.79. The quantitative estimate of drug-likeness (QED) is 0.581. The van der Waals surface area contributed by atoms with Gasteiger partial charge in [-0.25, -0.2) is 4.79 Å². The minimum atomic E-state index is -0.384. The lowest BCUT2D eigenvalue weighted by Gasteiger charge is -2.15. The van der Waals surface area contributed by atoms with Gasteiger partial charge in [0.1, 0.15) is 6.04 Å². The predicted molar refractivity (Wildman–Crippen MR) is 72.9 cm³/mol. The maximum atomic E-state index is 11.9. The number of methoxy groups -OCH3 is 1. The zero-order valence-corrected chi connectivity index (χ0v) is 12.0. The van der Waals surface area contributed by atoms with E-state index in [2.05, 4.69) is 18.3 Å². The van der Waals surface area contributed by atoms with Crippen LogP contribution in [0.4, 0.5) is 0 Å². The molecule has 0 radical (unpaired) electrons. The van der Waals surface area contributed by atoms with Crippen LogP contribution in [0.15, 0.2) is 12.1 Å². The fraction of sp³-hybridized carbons (Fsp3) is 0.615. The molecule has 1 unspecified atom stereocenters. The van der Waals surface area contributed by atoms with Crippen molar-refractivity contribution >= 4 is 17.3 Å². The average Bonchev–Trinajstić information content (AvgIpc) is 2.83. The van der Waals surface area contributed by atoms with Crippen molar-refractivity contribution in [1.82, 2.24) is 5.32 Å². The Labute approximate surface area is 112 Å². The fourth-order valence-electron chi connectivity index (χ4n) is 1.57. The number of nitrogens with one attached hydrogen (secondary N) is 1. The smallest absolute Gasteiger partial charge is 0.328 e. The normalized spacial score (nSPS) is 12.4. The third kappa shape index (κ3) is 4.40. The lowest BCUT2D eigenvalue weighted by atomic mass is 10.2. The fourth-order valence-corrected chi connectivity index (χ4v) is 2.59. The Morgan fingerprint density at radius 1 is 1.44 bits per heavy atom. The second-order valence-corrected chi connectivity index (χ2v) is 4.99. The van der Waals surface area contributed by atoms with Gasteiger partial charge in [0, 0.05) is 23.4 Å². The molecule has 0 bridgehead atoms. The van der Waals surface area contributed by atoms with Crippen molar-refractivity contribution in [3.63, 3.8) is 0 Å². The largest absolute Gasteiger partial charge is 0.465 e. The van der Waals surface area contributed by atoms with E-state index in [1.54, 1.807) is 18.4 Å². The highest BCUT2D eigenvalue weighted by atomic mass is 32.1. The molecule has 0 spiro atoms. The molecule has 1 aromatic heterocycles. The summed E-state index contributed by atoms with van der Waals surface area (Å²) in [6.07, 6.45) is 0.984. The number of hydrogen-bond acceptors (Lipinski definition) is 5. The molecular weight excluding hydrogens is 250 g/mol. The highest BCUT2D eigenvalue weighted by Gasteiger charge is 2.22. The SMILES string of the molecule is CCOC(=O)C(NCCOC)c1ccc(CC)s1. The van der Waals surface area contributed by atoms with Gasteiger partial charge < -0.3 is 9.47 Å². The first-order valence-corrected chi connectivity index (χ1v) is 7.02. The number of aryl methyl sites for hydroxylation is 1. The maximum absolute atomic E-state index is 11.9. The van der Waals surface area contributed by atoms with E-state index in [0.29, 0.717) is 19.8 Å². The van der Waals surface area contributed by atoms with E-state index >= 15 is 0 Å². The number of thiophene rings is 1. The molecule has 0 saturated heterocycles. The maximum Gasteiger partial charge on any atom is 0.328 e. The van der Waals surface area contributed by atoms with Gasteiger partial charge in [-0.15, -0.1) is 11.3 Å². The van der Waals surface area contributed by atoms with Gasteiger partial charge in [0.25, 0.3) is 0 Å². The van der Waals surface area contributed by atoms with Crippen molar-refractivity contribution in [2.24, 2.45) is 0 Å². The number of carbonyl (C=O) groups is 1. The van der Waals surface area contributed by atoms with E-state index in [-0.39, 0.29) is 12.0 Å². The van der Waals surface area contributed by atoms with Crippen LogP contribution in [0.25, 0.3) is 0 Å². The molecule has 0 fully saturated rings. The van der Waals surface area contributed by atoms with Gasteiger partial charge in [0.05, 0.1) is 13.2 Å². The van der Waals surface area contributed by atoms with Crippen molar-refractivity contribution in [2.75, 3.05) is 26.9 Å². The minimum absolute atomic E-state index is 0.224. The Hall–Kier alpha value is -0.910. The van der Waals surface area contributed by atoms with Crippen molar-refractivity contribution in [3.05, 3.63) is 21.9 Å². The summed E-state index contributed by atoms with van der Waals surface area (Å²) in [6, 6.07) is 3.67. The number of hydrogen-bond donors (Lipinski definition) is 1. The minimum Gasteiger partial charge on any atom is -0.465 e. The first-order chi connectivity index (χ1) is 8.72. The molecule has 1 aromatic rings. The standard InChI is InChI=1S/C13H21NO3S/c1-4-10-6-7-11(18-10)12(13(15)17-5-2)14-8-9-16-3/h6-7,12,14H,4-5,8-9H2,1-3H3. The van der Waals surface area contributed by atoms with Gasteiger partial charge in [-0.3, -0.25) is 5.32 Å². The van der Waals surface area contributed by atoms with Crippen LogP contribution in [0.1, 0.15) is 29.6 Å². The van der Waals surface area contributed by atoms with Gasteiger partial charge in [-0.05, 0) is 25.5 Å². The monoisotopic (exact) mass is 271 g/mol. The molecule has 0 saturated carbocycles. The second kappa shape index (κ2) is 8.24. The average molecular weight is 271 g/mol. The van der Waals surface area contributed by atoms with Crippen molar-refractivity contribution in [1.29, 1.82) is 0 Å². The number of ether oxygens (including phenoxy) is 2. The van der Waals surface area contributed by atoms with Crippen LogP contribution < -0.4 is 5.32 Å². The number of esters is 1. The summed E-state index contributed by atoms with van der Waals surface area (Å²) in [5.41, 5.74) is 0. The molecule has 18 heavy (non-hydrogen) atoms. The van der Waals surface area contributed by atoms with Crippen molar-refractivity contribution in [2.45, 2.75) is 26.3 Å². The predicted octanol–water partition coefficient (Wildman–Crippen LogP) is 2.15. The topological polar surface area (TPSA) is 47.6 Å². The van der Waals surface area contributed by atoms with Gasteiger partial charge in [-0.2, -0.15) is 0 Å². The van der Waals surface area contributed by atoms with Crippen LogP contribution >= 0.6 is 11.3 Å². The van der Waals surface area contributed by atoms with Gasteiger partial charge >= 0.3 is 5.97 Å². The lowest BCUT2D eigenvalue weighted by Crippen LogP contribution is -2.31. The summed E-state index contributed by atoms with van der Waals surface area (Å²) >= 11 is 1.65. The highest BCUT2D eigenvalue weighted by molar-refractivity contribution is 7.12. The number of carbonyl (C=O) groups excluding carboxylic acids is 1. The van der Waals surface area contributed by atoms with Crippen molar-refractivity contribution < 1.29 is 14.3 Å². The van der Waals surface area contributed by atoms with Gasteiger partial charge in [-0.1, -0.05) is 6.92 Å². The lowest BCUT2D eigenvalue weighted by molar-refractivity contribution is -0.145. The molecule has 5 heteroatoms. The van der Waals surface area contributed by atoms with Crippen LogP contribution in [0.2, 0.25) is 0 Å². The molecular formula is C13H21NO3S. The summed E-state index contributed by atoms with van der Waals surface area (Å²) in [4.78, 5) is 14.2. The molecule has 1 atom stereocenters. The van der Waals surface area contributed by atoms with Crippen LogP contribution in [0.3, 0.4) is 0 Å². The van der Waals surface area contributed by atoms with Crippen LogP contribution in [0, 0.1) is 0 Å². The Bertz CT molecular complexity index is 365. The second-order valence-electron chi connectivity index (χ2n) is 3.79. The Morgan fingerprint density at radius 3 is 2.78 bits per heavy atom. The zero-order valence-electron chi connectivity index (χ0n) is 11.2. The van der Waals surface area contributed by atoms with Crippen LogP contribution in [-0.2, 0) is 20.7 Å². The Balaban J connectivity index is 2.72. The molecule has 102 valence electrons. The first-order valence-electron chi connectivity index (χ1n) is 6.20. The van der Waals surface area contributed by atoms with E-state index in [0.717, 1.165) is 11.3 Å². The Kier molecular flexibility index (Phi) is 6.93. The van der Waals surface area contributed by atoms with Crippen LogP contribution in [-0.4, -0.2) is 32.8 Å². The highest BCUT2D eigenvalue weighted by Crippen LogP contribution is 2.24. The van der Waals surface area contributed by atoms with E-state index in [4.69, 9.17) is 9.47 Å². The van der Waals surface area contributed by atoms with Crippen LogP contribution in [0.5, 0.6) is 0 Å². The number of rotatable bonds is 8. The van der Waals surface area contributed by atoms with E-state index < -0.39 is 0 Å². The molecule has 0 aromatic carbocycles. The first kappa shape index (κ1) is 15.1. The Morgan fingerprint density at radius 2 is 2.22 bits per heavy atom. The van der Waals surface area contributed by atoms with E-state index in [1.807, 2.05) is 13.0 Å². The third-order valence-electron chi connectivity index (χ3n) is 2.49. The summed E-state index contributed by atoms with van der Waals surface area (Å²) < 4.78 is 10.1. The zero-order chi connectivity index (χ0) is 13.4. The van der Waals surface area contributed by atoms with E-state index in [1.165, 1.54) is 4.88 Å². The molecule has 0 amide bonds. The molecule has 0 aliphatic carbocycles.